The molecule has 0 amide bonds. The van der Waals surface area contributed by atoms with E-state index in [-0.39, 0.29) is 0 Å². The number of hydroxylamine groups is 2. The normalized spacial score (nSPS) is 17.0. The maximum absolute atomic E-state index is 5.23. The summed E-state index contributed by atoms with van der Waals surface area (Å²) in [6.45, 7) is 4.98. The Bertz CT molecular complexity index is 161. The van der Waals surface area contributed by atoms with Crippen molar-refractivity contribution in [2.45, 2.75) is 0 Å². The molecule has 1 rings (SSSR count). The third-order valence-electron chi connectivity index (χ3n) is 1.15. The lowest BCUT2D eigenvalue weighted by atomic mass is 10.5. The van der Waals surface area contributed by atoms with Crippen LogP contribution in [0.25, 0.3) is 0 Å². The van der Waals surface area contributed by atoms with E-state index in [0.717, 1.165) is 6.54 Å². The van der Waals surface area contributed by atoms with E-state index < -0.39 is 0 Å². The summed E-state index contributed by atoms with van der Waals surface area (Å²) >= 11 is 0. The maximum atomic E-state index is 5.23. The third-order valence-corrected chi connectivity index (χ3v) is 1.15. The second-order valence-corrected chi connectivity index (χ2v) is 1.95. The summed E-state index contributed by atoms with van der Waals surface area (Å²) in [6, 6.07) is 0. The lowest BCUT2D eigenvalue weighted by Gasteiger charge is -2.14. The molecule has 0 unspecified atom stereocenters. The van der Waals surface area contributed by atoms with Gasteiger partial charge in [-0.05, 0) is 6.08 Å². The van der Waals surface area contributed by atoms with E-state index in [4.69, 9.17) is 4.84 Å². The highest BCUT2D eigenvalue weighted by atomic mass is 16.7. The monoisotopic (exact) mass is 137 g/mol. The number of allylic oxidation sites excluding steroid dienone is 2. The molecule has 2 nitrogen and oxygen atoms in total. The molecule has 10 heavy (non-hydrogen) atoms. The predicted molar refractivity (Wildman–Crippen MR) is 41.1 cm³/mol. The fourth-order valence-corrected chi connectivity index (χ4v) is 0.702. The van der Waals surface area contributed by atoms with Crippen molar-refractivity contribution >= 4 is 0 Å². The van der Waals surface area contributed by atoms with Gasteiger partial charge in [0.1, 0.15) is 0 Å². The molecular formula is C8H11NO. The van der Waals surface area contributed by atoms with Gasteiger partial charge < -0.3 is 0 Å². The van der Waals surface area contributed by atoms with Gasteiger partial charge in [-0.3, -0.25) is 9.90 Å². The highest BCUT2D eigenvalue weighted by Gasteiger charge is 1.95. The Morgan fingerprint density at radius 1 is 1.60 bits per heavy atom. The van der Waals surface area contributed by atoms with E-state index in [1.165, 1.54) is 0 Å². The van der Waals surface area contributed by atoms with Crippen LogP contribution in [0.4, 0.5) is 0 Å². The van der Waals surface area contributed by atoms with Gasteiger partial charge in [-0.2, -0.15) is 0 Å². The molecule has 2 heteroatoms. The average Bonchev–Trinajstić information content (AvgIpc) is 2.17. The smallest absolute Gasteiger partial charge is 0.0933 e. The summed E-state index contributed by atoms with van der Waals surface area (Å²) in [5.74, 6) is 0. The van der Waals surface area contributed by atoms with Crippen LogP contribution >= 0.6 is 0 Å². The van der Waals surface area contributed by atoms with E-state index in [0.29, 0.717) is 6.61 Å². The second-order valence-electron chi connectivity index (χ2n) is 1.95. The second kappa shape index (κ2) is 3.90. The van der Waals surface area contributed by atoms with Crippen molar-refractivity contribution in [3.8, 4) is 0 Å². The number of hydrogen-bond donors (Lipinski definition) is 0. The standard InChI is InChI=1S/C8H11NO/c1-2-6-9-7-4-3-5-8-10-9/h2-5,7H,1,6,8H2. The van der Waals surface area contributed by atoms with Gasteiger partial charge in [0.05, 0.1) is 13.2 Å². The lowest BCUT2D eigenvalue weighted by molar-refractivity contribution is -0.0973. The van der Waals surface area contributed by atoms with E-state index in [1.807, 2.05) is 24.4 Å². The number of rotatable bonds is 2. The molecule has 0 saturated carbocycles. The Hall–Kier alpha value is -1.02. The minimum Gasteiger partial charge on any atom is -0.270 e. The van der Waals surface area contributed by atoms with Crippen LogP contribution in [0.3, 0.4) is 0 Å². The van der Waals surface area contributed by atoms with Crippen molar-refractivity contribution in [3.05, 3.63) is 37.1 Å². The minimum absolute atomic E-state index is 0.640. The van der Waals surface area contributed by atoms with Crippen LogP contribution < -0.4 is 0 Å². The fourth-order valence-electron chi connectivity index (χ4n) is 0.702. The summed E-state index contributed by atoms with van der Waals surface area (Å²) in [6.07, 6.45) is 9.54. The Balaban J connectivity index is 2.39. The predicted octanol–water partition coefficient (Wildman–Crippen LogP) is 1.49. The molecule has 1 heterocycles. The van der Waals surface area contributed by atoms with Crippen molar-refractivity contribution in [3.63, 3.8) is 0 Å². The summed E-state index contributed by atoms with van der Waals surface area (Å²) in [5.41, 5.74) is 0. The Morgan fingerprint density at radius 2 is 2.50 bits per heavy atom. The zero-order chi connectivity index (χ0) is 7.23. The molecule has 0 aromatic carbocycles. The van der Waals surface area contributed by atoms with Gasteiger partial charge in [0.15, 0.2) is 0 Å². The molecule has 0 fully saturated rings. The molecule has 1 aliphatic heterocycles. The van der Waals surface area contributed by atoms with Crippen molar-refractivity contribution < 1.29 is 4.84 Å². The van der Waals surface area contributed by atoms with Gasteiger partial charge in [0.25, 0.3) is 0 Å². The molecule has 54 valence electrons. The fraction of sp³-hybridized carbons (Fsp3) is 0.250. The third kappa shape index (κ3) is 2.07. The molecule has 0 spiro atoms. The largest absolute Gasteiger partial charge is 0.270 e. The highest BCUT2D eigenvalue weighted by molar-refractivity contribution is 5.03. The first kappa shape index (κ1) is 7.09. The first-order valence-corrected chi connectivity index (χ1v) is 3.27. The van der Waals surface area contributed by atoms with Crippen molar-refractivity contribution in [2.24, 2.45) is 0 Å². The van der Waals surface area contributed by atoms with E-state index in [1.54, 1.807) is 11.1 Å². The van der Waals surface area contributed by atoms with Gasteiger partial charge in [-0.1, -0.05) is 18.2 Å². The number of nitrogens with zero attached hydrogens (tertiary/aromatic N) is 1. The van der Waals surface area contributed by atoms with Crippen LogP contribution in [0.5, 0.6) is 0 Å². The summed E-state index contributed by atoms with van der Waals surface area (Å²) in [7, 11) is 0. The van der Waals surface area contributed by atoms with Crippen LogP contribution in [0, 0.1) is 0 Å². The molecule has 0 bridgehead atoms. The molecule has 0 aromatic heterocycles. The topological polar surface area (TPSA) is 12.5 Å². The average molecular weight is 137 g/mol. The summed E-state index contributed by atoms with van der Waals surface area (Å²) in [4.78, 5) is 5.23. The van der Waals surface area contributed by atoms with E-state index in [9.17, 15) is 0 Å². The van der Waals surface area contributed by atoms with E-state index >= 15 is 0 Å². The van der Waals surface area contributed by atoms with Gasteiger partial charge in [-0.25, -0.2) is 0 Å². The lowest BCUT2D eigenvalue weighted by Crippen LogP contribution is -2.16. The first-order valence-electron chi connectivity index (χ1n) is 3.27. The Kier molecular flexibility index (Phi) is 2.77. The Morgan fingerprint density at radius 3 is 3.30 bits per heavy atom. The van der Waals surface area contributed by atoms with Crippen LogP contribution in [0.1, 0.15) is 0 Å². The molecule has 1 aliphatic rings. The van der Waals surface area contributed by atoms with Crippen LogP contribution in [-0.2, 0) is 4.84 Å². The van der Waals surface area contributed by atoms with Crippen LogP contribution in [0.2, 0.25) is 0 Å². The van der Waals surface area contributed by atoms with Gasteiger partial charge >= 0.3 is 0 Å². The Labute approximate surface area is 61.0 Å². The molecular weight excluding hydrogens is 126 g/mol. The van der Waals surface area contributed by atoms with Crippen LogP contribution in [-0.4, -0.2) is 18.2 Å². The number of hydrogen-bond acceptors (Lipinski definition) is 2. The van der Waals surface area contributed by atoms with E-state index in [2.05, 4.69) is 6.58 Å². The minimum atomic E-state index is 0.640. The maximum Gasteiger partial charge on any atom is 0.0933 e. The van der Waals surface area contributed by atoms with Gasteiger partial charge in [-0.15, -0.1) is 6.58 Å². The molecule has 0 aromatic rings. The van der Waals surface area contributed by atoms with Crippen molar-refractivity contribution in [2.75, 3.05) is 13.2 Å². The van der Waals surface area contributed by atoms with Crippen molar-refractivity contribution in [1.82, 2.24) is 5.06 Å². The summed E-state index contributed by atoms with van der Waals surface area (Å²) < 4.78 is 0. The zero-order valence-corrected chi connectivity index (χ0v) is 5.86. The molecule has 0 N–H and O–H groups in total. The summed E-state index contributed by atoms with van der Waals surface area (Å²) in [5, 5.41) is 1.74. The van der Waals surface area contributed by atoms with Gasteiger partial charge in [0, 0.05) is 6.20 Å². The molecule has 0 aliphatic carbocycles. The zero-order valence-electron chi connectivity index (χ0n) is 5.86. The highest BCUT2D eigenvalue weighted by Crippen LogP contribution is 1.97. The van der Waals surface area contributed by atoms with Gasteiger partial charge in [0.2, 0.25) is 0 Å². The quantitative estimate of drug-likeness (QED) is 0.535. The first-order chi connectivity index (χ1) is 4.93. The van der Waals surface area contributed by atoms with Crippen LogP contribution in [0.15, 0.2) is 37.1 Å². The van der Waals surface area contributed by atoms with Crippen molar-refractivity contribution in [1.29, 1.82) is 0 Å². The molecule has 0 saturated heterocycles. The molecule has 0 radical (unpaired) electrons. The SMILES string of the molecule is C=CCN1C=CC=CCO1. The molecule has 0 atom stereocenters.